The molecule has 164 valence electrons. The van der Waals surface area contributed by atoms with Crippen molar-refractivity contribution in [1.82, 2.24) is 24.1 Å². The first-order valence-electron chi connectivity index (χ1n) is 9.76. The molecule has 0 saturated carbocycles. The lowest BCUT2D eigenvalue weighted by Gasteiger charge is -2.33. The van der Waals surface area contributed by atoms with Gasteiger partial charge in [0, 0.05) is 19.6 Å². The number of likely N-dealkylation sites (tertiary alicyclic amines) is 1. The van der Waals surface area contributed by atoms with Crippen molar-refractivity contribution in [3.63, 3.8) is 0 Å². The number of aromatic nitrogens is 4. The summed E-state index contributed by atoms with van der Waals surface area (Å²) in [5, 5.41) is 9.11. The lowest BCUT2D eigenvalue weighted by atomic mass is 9.97. The Morgan fingerprint density at radius 1 is 1.29 bits per heavy atom. The van der Waals surface area contributed by atoms with Gasteiger partial charge < -0.3 is 4.90 Å². The Morgan fingerprint density at radius 3 is 2.81 bits per heavy atom. The maximum Gasteiger partial charge on any atom is 0.393 e. The standard InChI is InChI=1S/C20H20F3N5O2S/c1-2-9-27-17(30)14-7-3-4-8-15(14)28-18(27)24-25-19(28)31-12-16(29)26-10-5-6-13(11-26)20(21,22)23/h2-4,7-8,13H,1,5-6,9-12H2. The molecule has 0 radical (unpaired) electrons. The summed E-state index contributed by atoms with van der Waals surface area (Å²) in [7, 11) is 0. The third-order valence-corrected chi connectivity index (χ3v) is 6.27. The van der Waals surface area contributed by atoms with Gasteiger partial charge in [0.15, 0.2) is 5.16 Å². The predicted molar refractivity (Wildman–Crippen MR) is 111 cm³/mol. The molecule has 1 saturated heterocycles. The third-order valence-electron chi connectivity index (χ3n) is 5.35. The van der Waals surface area contributed by atoms with Gasteiger partial charge in [0.2, 0.25) is 11.7 Å². The molecule has 4 rings (SSSR count). The van der Waals surface area contributed by atoms with E-state index in [1.165, 1.54) is 9.47 Å². The Balaban J connectivity index is 1.62. The summed E-state index contributed by atoms with van der Waals surface area (Å²) in [5.41, 5.74) is 0.368. The van der Waals surface area contributed by atoms with E-state index in [0.717, 1.165) is 11.8 Å². The van der Waals surface area contributed by atoms with E-state index < -0.39 is 12.1 Å². The number of hydrogen-bond donors (Lipinski definition) is 0. The minimum atomic E-state index is -4.30. The average molecular weight is 451 g/mol. The van der Waals surface area contributed by atoms with E-state index in [0.29, 0.717) is 34.8 Å². The van der Waals surface area contributed by atoms with Crippen molar-refractivity contribution in [2.24, 2.45) is 5.92 Å². The van der Waals surface area contributed by atoms with Crippen LogP contribution in [0.15, 0.2) is 46.9 Å². The molecule has 1 unspecified atom stereocenters. The Bertz CT molecular complexity index is 1200. The van der Waals surface area contributed by atoms with Gasteiger partial charge in [-0.15, -0.1) is 16.8 Å². The molecular formula is C20H20F3N5O2S. The number of piperidine rings is 1. The second-order valence-corrected chi connectivity index (χ2v) is 8.29. The van der Waals surface area contributed by atoms with Crippen LogP contribution in [0.4, 0.5) is 13.2 Å². The molecule has 1 fully saturated rings. The largest absolute Gasteiger partial charge is 0.393 e. The van der Waals surface area contributed by atoms with Crippen LogP contribution in [0.5, 0.6) is 0 Å². The lowest BCUT2D eigenvalue weighted by molar-refractivity contribution is -0.187. The van der Waals surface area contributed by atoms with E-state index in [9.17, 15) is 22.8 Å². The molecule has 31 heavy (non-hydrogen) atoms. The first-order valence-corrected chi connectivity index (χ1v) is 10.7. The molecule has 1 atom stereocenters. The summed E-state index contributed by atoms with van der Waals surface area (Å²) in [5.74, 6) is -1.62. The van der Waals surface area contributed by atoms with Gasteiger partial charge in [0.1, 0.15) is 0 Å². The van der Waals surface area contributed by atoms with Crippen LogP contribution in [0.3, 0.4) is 0 Å². The topological polar surface area (TPSA) is 72.5 Å². The van der Waals surface area contributed by atoms with Gasteiger partial charge in [-0.05, 0) is 25.0 Å². The minimum absolute atomic E-state index is 0.0437. The van der Waals surface area contributed by atoms with E-state index in [1.54, 1.807) is 34.7 Å². The monoisotopic (exact) mass is 451 g/mol. The molecule has 2 aromatic heterocycles. The summed E-state index contributed by atoms with van der Waals surface area (Å²) in [6, 6.07) is 6.99. The van der Waals surface area contributed by atoms with Gasteiger partial charge in [-0.3, -0.25) is 18.6 Å². The van der Waals surface area contributed by atoms with Crippen LogP contribution < -0.4 is 5.56 Å². The molecule has 0 bridgehead atoms. The lowest BCUT2D eigenvalue weighted by Crippen LogP contribution is -2.45. The fourth-order valence-electron chi connectivity index (χ4n) is 3.81. The number of allylic oxidation sites excluding steroid dienone is 1. The van der Waals surface area contributed by atoms with Crippen molar-refractivity contribution < 1.29 is 18.0 Å². The molecular weight excluding hydrogens is 431 g/mol. The van der Waals surface area contributed by atoms with Gasteiger partial charge in [0.25, 0.3) is 5.56 Å². The number of benzene rings is 1. The van der Waals surface area contributed by atoms with Crippen LogP contribution in [-0.2, 0) is 11.3 Å². The number of alkyl halides is 3. The Labute approximate surface area is 179 Å². The number of amides is 1. The van der Waals surface area contributed by atoms with E-state index in [1.807, 2.05) is 0 Å². The summed E-state index contributed by atoms with van der Waals surface area (Å²) in [6.07, 6.45) is -2.35. The molecule has 1 aliphatic rings. The van der Waals surface area contributed by atoms with E-state index in [2.05, 4.69) is 16.8 Å². The minimum Gasteiger partial charge on any atom is -0.341 e. The van der Waals surface area contributed by atoms with Crippen LogP contribution in [-0.4, -0.2) is 55.0 Å². The number of fused-ring (bicyclic) bond motifs is 3. The first kappa shape index (κ1) is 21.4. The maximum atomic E-state index is 13.0. The van der Waals surface area contributed by atoms with E-state index in [-0.39, 0.29) is 36.7 Å². The number of para-hydroxylation sites is 1. The summed E-state index contributed by atoms with van der Waals surface area (Å²) < 4.78 is 42.3. The van der Waals surface area contributed by atoms with Crippen LogP contribution >= 0.6 is 11.8 Å². The van der Waals surface area contributed by atoms with Crippen molar-refractivity contribution in [1.29, 1.82) is 0 Å². The first-order chi connectivity index (χ1) is 14.8. The van der Waals surface area contributed by atoms with Crippen LogP contribution in [0.25, 0.3) is 16.7 Å². The van der Waals surface area contributed by atoms with Crippen LogP contribution in [0.2, 0.25) is 0 Å². The molecule has 11 heteroatoms. The predicted octanol–water partition coefficient (Wildman–Crippen LogP) is 3.12. The van der Waals surface area contributed by atoms with E-state index >= 15 is 0 Å². The van der Waals surface area contributed by atoms with Crippen molar-refractivity contribution in [3.05, 3.63) is 47.3 Å². The van der Waals surface area contributed by atoms with Crippen molar-refractivity contribution in [2.75, 3.05) is 18.8 Å². The highest BCUT2D eigenvalue weighted by Gasteiger charge is 2.42. The highest BCUT2D eigenvalue weighted by atomic mass is 32.2. The number of nitrogens with zero attached hydrogens (tertiary/aromatic N) is 5. The van der Waals surface area contributed by atoms with Crippen LogP contribution in [0.1, 0.15) is 12.8 Å². The van der Waals surface area contributed by atoms with Crippen molar-refractivity contribution in [3.8, 4) is 0 Å². The normalized spacial score (nSPS) is 17.4. The summed E-state index contributed by atoms with van der Waals surface area (Å²) in [4.78, 5) is 26.7. The Kier molecular flexibility index (Phi) is 5.78. The number of rotatable bonds is 5. The summed E-state index contributed by atoms with van der Waals surface area (Å²) >= 11 is 1.09. The second-order valence-electron chi connectivity index (χ2n) is 7.35. The Hall–Kier alpha value is -2.82. The molecule has 3 heterocycles. The molecule has 1 aromatic carbocycles. The zero-order valence-electron chi connectivity index (χ0n) is 16.5. The highest BCUT2D eigenvalue weighted by Crippen LogP contribution is 2.33. The second kappa shape index (κ2) is 8.37. The highest BCUT2D eigenvalue weighted by molar-refractivity contribution is 7.99. The van der Waals surface area contributed by atoms with Gasteiger partial charge in [-0.25, -0.2) is 0 Å². The smallest absolute Gasteiger partial charge is 0.341 e. The molecule has 3 aromatic rings. The number of thioether (sulfide) groups is 1. The van der Waals surface area contributed by atoms with Gasteiger partial charge in [-0.1, -0.05) is 30.0 Å². The molecule has 7 nitrogen and oxygen atoms in total. The quantitative estimate of drug-likeness (QED) is 0.440. The number of carbonyl (C=O) groups is 1. The number of carbonyl (C=O) groups excluding carboxylic acids is 1. The maximum absolute atomic E-state index is 13.0. The van der Waals surface area contributed by atoms with Gasteiger partial charge >= 0.3 is 6.18 Å². The zero-order valence-corrected chi connectivity index (χ0v) is 17.3. The van der Waals surface area contributed by atoms with Crippen LogP contribution in [0, 0.1) is 5.92 Å². The Morgan fingerprint density at radius 2 is 2.06 bits per heavy atom. The number of halogens is 3. The van der Waals surface area contributed by atoms with E-state index in [4.69, 9.17) is 0 Å². The average Bonchev–Trinajstić information content (AvgIpc) is 3.18. The van der Waals surface area contributed by atoms with Crippen molar-refractivity contribution >= 4 is 34.3 Å². The fourth-order valence-corrected chi connectivity index (χ4v) is 4.65. The molecule has 0 N–H and O–H groups in total. The number of hydrogen-bond acceptors (Lipinski definition) is 5. The van der Waals surface area contributed by atoms with Crippen molar-refractivity contribution in [2.45, 2.75) is 30.7 Å². The molecule has 1 aliphatic heterocycles. The SMILES string of the molecule is C=CCn1c(=O)c2ccccc2n2c(SCC(=O)N3CCCC(C(F)(F)F)C3)nnc12. The molecule has 1 amide bonds. The van der Waals surface area contributed by atoms with Gasteiger partial charge in [0.05, 0.1) is 22.6 Å². The van der Waals surface area contributed by atoms with Gasteiger partial charge in [-0.2, -0.15) is 13.2 Å². The molecule has 0 aliphatic carbocycles. The zero-order chi connectivity index (χ0) is 22.2. The third kappa shape index (κ3) is 4.06. The molecule has 0 spiro atoms. The fraction of sp³-hybridized carbons (Fsp3) is 0.400. The summed E-state index contributed by atoms with van der Waals surface area (Å²) in [6.45, 7) is 3.91.